The van der Waals surface area contributed by atoms with Crippen LogP contribution in [-0.4, -0.2) is 32.0 Å². The highest BCUT2D eigenvalue weighted by Crippen LogP contribution is 2.14. The third-order valence-corrected chi connectivity index (χ3v) is 4.09. The highest BCUT2D eigenvalue weighted by Gasteiger charge is 2.15. The molecule has 112 valence electrons. The summed E-state index contributed by atoms with van der Waals surface area (Å²) in [7, 11) is -3.64. The van der Waals surface area contributed by atoms with E-state index in [1.807, 2.05) is 13.8 Å². The molecule has 0 heterocycles. The van der Waals surface area contributed by atoms with Crippen molar-refractivity contribution in [1.82, 2.24) is 4.72 Å². The normalized spacial score (nSPS) is 13.4. The van der Waals surface area contributed by atoms with Crippen molar-refractivity contribution in [3.05, 3.63) is 29.8 Å². The highest BCUT2D eigenvalue weighted by atomic mass is 32.2. The van der Waals surface area contributed by atoms with E-state index in [4.69, 9.17) is 5.11 Å². The molecule has 0 radical (unpaired) electrons. The fourth-order valence-electron chi connectivity index (χ4n) is 1.62. The van der Waals surface area contributed by atoms with Gasteiger partial charge in [0.15, 0.2) is 5.78 Å². The standard InChI is InChI=1S/C14H21NO4S/c1-10(2)8-14(17)12-4-6-13(7-5-12)20(18,19)15-9-11(3)16/h4-7,10-11,15-16H,8-9H2,1-3H3. The highest BCUT2D eigenvalue weighted by molar-refractivity contribution is 7.89. The van der Waals surface area contributed by atoms with Gasteiger partial charge in [-0.05, 0) is 25.0 Å². The SMILES string of the molecule is CC(C)CC(=O)c1ccc(S(=O)(=O)NCC(C)O)cc1. The molecule has 0 saturated heterocycles. The number of carbonyl (C=O) groups is 1. The van der Waals surface area contributed by atoms with Crippen LogP contribution in [0.25, 0.3) is 0 Å². The summed E-state index contributed by atoms with van der Waals surface area (Å²) in [5, 5.41) is 9.09. The lowest BCUT2D eigenvalue weighted by atomic mass is 10.0. The van der Waals surface area contributed by atoms with Crippen LogP contribution in [0.3, 0.4) is 0 Å². The number of carbonyl (C=O) groups excluding carboxylic acids is 1. The van der Waals surface area contributed by atoms with Crippen LogP contribution in [0, 0.1) is 5.92 Å². The second-order valence-corrected chi connectivity index (χ2v) is 7.01. The fraction of sp³-hybridized carbons (Fsp3) is 0.500. The molecule has 0 amide bonds. The van der Waals surface area contributed by atoms with Gasteiger partial charge >= 0.3 is 0 Å². The zero-order chi connectivity index (χ0) is 15.3. The zero-order valence-corrected chi connectivity index (χ0v) is 12.8. The number of aliphatic hydroxyl groups excluding tert-OH is 1. The number of Topliss-reactive ketones (excluding diaryl/α,β-unsaturated/α-hetero) is 1. The zero-order valence-electron chi connectivity index (χ0n) is 12.0. The van der Waals surface area contributed by atoms with Crippen molar-refractivity contribution in [1.29, 1.82) is 0 Å². The molecule has 0 aliphatic rings. The lowest BCUT2D eigenvalue weighted by molar-refractivity contribution is 0.0967. The molecule has 1 rings (SSSR count). The van der Waals surface area contributed by atoms with Crippen LogP contribution < -0.4 is 4.72 Å². The monoisotopic (exact) mass is 299 g/mol. The van der Waals surface area contributed by atoms with Gasteiger partial charge in [0.25, 0.3) is 0 Å². The number of sulfonamides is 1. The van der Waals surface area contributed by atoms with Crippen LogP contribution in [0.2, 0.25) is 0 Å². The predicted molar refractivity (Wildman–Crippen MR) is 77.1 cm³/mol. The maximum atomic E-state index is 11.9. The summed E-state index contributed by atoms with van der Waals surface area (Å²) < 4.78 is 26.1. The number of aliphatic hydroxyl groups is 1. The average Bonchev–Trinajstić information content (AvgIpc) is 2.36. The third kappa shape index (κ3) is 5.03. The number of ketones is 1. The summed E-state index contributed by atoms with van der Waals surface area (Å²) >= 11 is 0. The molecule has 6 heteroatoms. The molecule has 1 aromatic rings. The van der Waals surface area contributed by atoms with Crippen LogP contribution >= 0.6 is 0 Å². The predicted octanol–water partition coefficient (Wildman–Crippen LogP) is 1.57. The van der Waals surface area contributed by atoms with E-state index in [0.717, 1.165) is 0 Å². The van der Waals surface area contributed by atoms with Gasteiger partial charge in [-0.2, -0.15) is 0 Å². The van der Waals surface area contributed by atoms with E-state index in [-0.39, 0.29) is 23.1 Å². The molecular weight excluding hydrogens is 278 g/mol. The van der Waals surface area contributed by atoms with E-state index < -0.39 is 16.1 Å². The average molecular weight is 299 g/mol. The van der Waals surface area contributed by atoms with Gasteiger partial charge in [-0.1, -0.05) is 26.0 Å². The molecule has 5 nitrogen and oxygen atoms in total. The Morgan fingerprint density at radius 1 is 1.20 bits per heavy atom. The van der Waals surface area contributed by atoms with Crippen molar-refractivity contribution in [2.24, 2.45) is 5.92 Å². The Balaban J connectivity index is 2.83. The molecule has 1 atom stereocenters. The van der Waals surface area contributed by atoms with E-state index in [9.17, 15) is 13.2 Å². The first-order valence-corrected chi connectivity index (χ1v) is 8.01. The summed E-state index contributed by atoms with van der Waals surface area (Å²) in [6.07, 6.45) is -0.316. The van der Waals surface area contributed by atoms with Gasteiger partial charge in [-0.25, -0.2) is 13.1 Å². The molecular formula is C14H21NO4S. The first kappa shape index (κ1) is 16.8. The van der Waals surface area contributed by atoms with Gasteiger partial charge in [0.1, 0.15) is 0 Å². The number of nitrogens with one attached hydrogen (secondary N) is 1. The molecule has 0 aromatic heterocycles. The third-order valence-electron chi connectivity index (χ3n) is 2.65. The van der Waals surface area contributed by atoms with Crippen molar-refractivity contribution in [3.63, 3.8) is 0 Å². The number of hydrogen-bond donors (Lipinski definition) is 2. The van der Waals surface area contributed by atoms with Crippen LogP contribution in [0.4, 0.5) is 0 Å². The van der Waals surface area contributed by atoms with Gasteiger partial charge in [-0.3, -0.25) is 4.79 Å². The Kier molecular flexibility index (Phi) is 5.86. The number of rotatable bonds is 7. The van der Waals surface area contributed by atoms with Crippen molar-refractivity contribution in [2.45, 2.75) is 38.2 Å². The Hall–Kier alpha value is -1.24. The summed E-state index contributed by atoms with van der Waals surface area (Å²) in [4.78, 5) is 11.9. The minimum atomic E-state index is -3.64. The van der Waals surface area contributed by atoms with Crippen LogP contribution in [-0.2, 0) is 10.0 Å². The summed E-state index contributed by atoms with van der Waals surface area (Å²) in [5.41, 5.74) is 0.508. The Labute approximate surface area is 120 Å². The Morgan fingerprint density at radius 2 is 1.75 bits per heavy atom. The fourth-order valence-corrected chi connectivity index (χ4v) is 2.74. The van der Waals surface area contributed by atoms with Crippen LogP contribution in [0.5, 0.6) is 0 Å². The molecule has 1 aromatic carbocycles. The Bertz CT molecular complexity index is 547. The first-order chi connectivity index (χ1) is 9.22. The molecule has 1 unspecified atom stereocenters. The van der Waals surface area contributed by atoms with Gasteiger partial charge < -0.3 is 5.11 Å². The number of benzene rings is 1. The number of hydrogen-bond acceptors (Lipinski definition) is 4. The second-order valence-electron chi connectivity index (χ2n) is 5.25. The minimum Gasteiger partial charge on any atom is -0.392 e. The summed E-state index contributed by atoms with van der Waals surface area (Å²) in [6, 6.07) is 5.83. The van der Waals surface area contributed by atoms with Crippen molar-refractivity contribution < 1.29 is 18.3 Å². The maximum Gasteiger partial charge on any atom is 0.240 e. The van der Waals surface area contributed by atoms with E-state index in [1.54, 1.807) is 0 Å². The Morgan fingerprint density at radius 3 is 2.20 bits per heavy atom. The van der Waals surface area contributed by atoms with Gasteiger partial charge in [0, 0.05) is 18.5 Å². The van der Waals surface area contributed by atoms with Gasteiger partial charge in [-0.15, -0.1) is 0 Å². The molecule has 0 saturated carbocycles. The lowest BCUT2D eigenvalue weighted by Crippen LogP contribution is -2.30. The first-order valence-electron chi connectivity index (χ1n) is 6.53. The largest absolute Gasteiger partial charge is 0.392 e. The van der Waals surface area contributed by atoms with E-state index >= 15 is 0 Å². The van der Waals surface area contributed by atoms with Crippen molar-refractivity contribution in [3.8, 4) is 0 Å². The summed E-state index contributed by atoms with van der Waals surface area (Å²) in [6.45, 7) is 5.36. The second kappa shape index (κ2) is 6.97. The van der Waals surface area contributed by atoms with E-state index in [1.165, 1.54) is 31.2 Å². The quantitative estimate of drug-likeness (QED) is 0.749. The molecule has 2 N–H and O–H groups in total. The van der Waals surface area contributed by atoms with E-state index in [2.05, 4.69) is 4.72 Å². The summed E-state index contributed by atoms with van der Waals surface area (Å²) in [5.74, 6) is 0.263. The molecule has 0 aliphatic heterocycles. The molecule has 0 fully saturated rings. The van der Waals surface area contributed by atoms with E-state index in [0.29, 0.717) is 12.0 Å². The molecule has 0 aliphatic carbocycles. The smallest absolute Gasteiger partial charge is 0.240 e. The van der Waals surface area contributed by atoms with Crippen LogP contribution in [0.1, 0.15) is 37.6 Å². The van der Waals surface area contributed by atoms with Gasteiger partial charge in [0.05, 0.1) is 11.0 Å². The van der Waals surface area contributed by atoms with Crippen LogP contribution in [0.15, 0.2) is 29.2 Å². The molecule has 0 bridgehead atoms. The molecule has 0 spiro atoms. The topological polar surface area (TPSA) is 83.5 Å². The maximum absolute atomic E-state index is 11.9. The minimum absolute atomic E-state index is 0.000822. The van der Waals surface area contributed by atoms with Gasteiger partial charge in [0.2, 0.25) is 10.0 Å². The lowest BCUT2D eigenvalue weighted by Gasteiger charge is -2.09. The van der Waals surface area contributed by atoms with Crippen molar-refractivity contribution in [2.75, 3.05) is 6.54 Å². The molecule has 20 heavy (non-hydrogen) atoms. The van der Waals surface area contributed by atoms with Crippen molar-refractivity contribution >= 4 is 15.8 Å².